The number of hydrogen-bond acceptors (Lipinski definition) is 4. The van der Waals surface area contributed by atoms with Gasteiger partial charge in [-0.2, -0.15) is 4.31 Å². The van der Waals surface area contributed by atoms with E-state index in [1.54, 1.807) is 10.5 Å². The Hall–Kier alpha value is -0.920. The van der Waals surface area contributed by atoms with Crippen molar-refractivity contribution in [1.29, 1.82) is 0 Å². The molecule has 124 valence electrons. The molecule has 0 unspecified atom stereocenters. The molecule has 2 saturated heterocycles. The van der Waals surface area contributed by atoms with Crippen molar-refractivity contribution in [3.05, 3.63) is 18.2 Å². The van der Waals surface area contributed by atoms with Crippen molar-refractivity contribution in [2.24, 2.45) is 0 Å². The van der Waals surface area contributed by atoms with Crippen molar-refractivity contribution >= 4 is 10.0 Å². The Labute approximate surface area is 132 Å². The second-order valence-corrected chi connectivity index (χ2v) is 8.27. The van der Waals surface area contributed by atoms with E-state index in [-0.39, 0.29) is 17.9 Å². The first kappa shape index (κ1) is 16.0. The molecule has 0 bridgehead atoms. The Morgan fingerprint density at radius 1 is 1.32 bits per heavy atom. The Kier molecular flexibility index (Phi) is 4.84. The zero-order valence-electron chi connectivity index (χ0n) is 13.1. The Balaban J connectivity index is 1.67. The molecule has 1 aromatic heterocycles. The van der Waals surface area contributed by atoms with Crippen LogP contribution in [0, 0.1) is 6.92 Å². The summed E-state index contributed by atoms with van der Waals surface area (Å²) in [6, 6.07) is 0.0430. The molecule has 7 heteroatoms. The van der Waals surface area contributed by atoms with E-state index in [9.17, 15) is 8.42 Å². The van der Waals surface area contributed by atoms with Crippen LogP contribution in [-0.2, 0) is 21.3 Å². The van der Waals surface area contributed by atoms with Crippen molar-refractivity contribution in [1.82, 2.24) is 13.9 Å². The maximum Gasteiger partial charge on any atom is 0.216 e. The highest BCUT2D eigenvalue weighted by molar-refractivity contribution is 7.89. The van der Waals surface area contributed by atoms with Gasteiger partial charge in [0.05, 0.1) is 11.9 Å². The number of rotatable bonds is 5. The largest absolute Gasteiger partial charge is 0.377 e. The molecule has 0 saturated carbocycles. The summed E-state index contributed by atoms with van der Waals surface area (Å²) in [6.07, 6.45) is 8.38. The van der Waals surface area contributed by atoms with E-state index < -0.39 is 10.0 Å². The van der Waals surface area contributed by atoms with E-state index in [1.807, 2.05) is 17.7 Å². The number of aryl methyl sites for hydroxylation is 1. The monoisotopic (exact) mass is 327 g/mol. The summed E-state index contributed by atoms with van der Waals surface area (Å²) in [7, 11) is -3.25. The van der Waals surface area contributed by atoms with E-state index in [0.717, 1.165) is 37.9 Å². The van der Waals surface area contributed by atoms with E-state index in [1.165, 1.54) is 0 Å². The second-order valence-electron chi connectivity index (χ2n) is 6.30. The fourth-order valence-electron chi connectivity index (χ4n) is 3.45. The Morgan fingerprint density at radius 2 is 2.18 bits per heavy atom. The lowest BCUT2D eigenvalue weighted by Gasteiger charge is -2.28. The van der Waals surface area contributed by atoms with Gasteiger partial charge in [0.25, 0.3) is 0 Å². The fourth-order valence-corrected chi connectivity index (χ4v) is 5.41. The molecule has 3 rings (SSSR count). The van der Waals surface area contributed by atoms with Crippen LogP contribution in [0.15, 0.2) is 12.4 Å². The summed E-state index contributed by atoms with van der Waals surface area (Å²) in [5.41, 5.74) is 0. The number of aromatic nitrogens is 2. The normalized spacial score (nSPS) is 27.3. The summed E-state index contributed by atoms with van der Waals surface area (Å²) in [5.74, 6) is 1.06. The average molecular weight is 327 g/mol. The molecule has 0 radical (unpaired) electrons. The van der Waals surface area contributed by atoms with Crippen LogP contribution < -0.4 is 0 Å². The van der Waals surface area contributed by atoms with Crippen LogP contribution in [-0.4, -0.2) is 53.3 Å². The van der Waals surface area contributed by atoms with Gasteiger partial charge in [-0.1, -0.05) is 0 Å². The molecule has 2 aliphatic heterocycles. The summed E-state index contributed by atoms with van der Waals surface area (Å²) in [6.45, 7) is 3.96. The van der Waals surface area contributed by atoms with Gasteiger partial charge in [0, 0.05) is 38.1 Å². The second kappa shape index (κ2) is 6.68. The highest BCUT2D eigenvalue weighted by atomic mass is 32.2. The quantitative estimate of drug-likeness (QED) is 0.823. The van der Waals surface area contributed by atoms with Gasteiger partial charge < -0.3 is 9.30 Å². The smallest absolute Gasteiger partial charge is 0.216 e. The summed E-state index contributed by atoms with van der Waals surface area (Å²) < 4.78 is 34.8. The van der Waals surface area contributed by atoms with E-state index in [0.29, 0.717) is 19.7 Å². The Morgan fingerprint density at radius 3 is 2.86 bits per heavy atom. The minimum atomic E-state index is -3.25. The molecule has 0 amide bonds. The molecule has 2 fully saturated rings. The fraction of sp³-hybridized carbons (Fsp3) is 0.800. The number of hydrogen-bond donors (Lipinski definition) is 0. The van der Waals surface area contributed by atoms with Crippen LogP contribution in [0.2, 0.25) is 0 Å². The van der Waals surface area contributed by atoms with Crippen molar-refractivity contribution in [2.75, 3.05) is 18.9 Å². The number of nitrogens with zero attached hydrogens (tertiary/aromatic N) is 3. The SMILES string of the molecule is Cc1nccn1C[C@H]1CCCN1S(=O)(=O)C[C@H]1CCCCO1. The molecule has 3 heterocycles. The zero-order chi connectivity index (χ0) is 15.6. The summed E-state index contributed by atoms with van der Waals surface area (Å²) >= 11 is 0. The van der Waals surface area contributed by atoms with Crippen molar-refractivity contribution in [3.8, 4) is 0 Å². The van der Waals surface area contributed by atoms with Gasteiger partial charge >= 0.3 is 0 Å². The van der Waals surface area contributed by atoms with E-state index in [4.69, 9.17) is 4.74 Å². The summed E-state index contributed by atoms with van der Waals surface area (Å²) in [5, 5.41) is 0. The maximum atomic E-state index is 12.7. The van der Waals surface area contributed by atoms with Crippen LogP contribution in [0.4, 0.5) is 0 Å². The van der Waals surface area contributed by atoms with Gasteiger partial charge in [0.1, 0.15) is 5.82 Å². The molecule has 0 aliphatic carbocycles. The molecule has 0 N–H and O–H groups in total. The molecule has 1 aromatic rings. The first-order valence-corrected chi connectivity index (χ1v) is 9.76. The molecule has 2 atom stereocenters. The summed E-state index contributed by atoms with van der Waals surface area (Å²) in [4.78, 5) is 4.21. The maximum absolute atomic E-state index is 12.7. The highest BCUT2D eigenvalue weighted by Gasteiger charge is 2.36. The molecule has 6 nitrogen and oxygen atoms in total. The zero-order valence-corrected chi connectivity index (χ0v) is 14.0. The predicted molar refractivity (Wildman–Crippen MR) is 84.1 cm³/mol. The van der Waals surface area contributed by atoms with Gasteiger partial charge in [-0.3, -0.25) is 0 Å². The van der Waals surface area contributed by atoms with Crippen LogP contribution in [0.1, 0.15) is 37.9 Å². The van der Waals surface area contributed by atoms with Crippen LogP contribution >= 0.6 is 0 Å². The molecule has 22 heavy (non-hydrogen) atoms. The van der Waals surface area contributed by atoms with Crippen LogP contribution in [0.5, 0.6) is 0 Å². The van der Waals surface area contributed by atoms with Gasteiger partial charge in [0.2, 0.25) is 10.0 Å². The third-order valence-electron chi connectivity index (χ3n) is 4.68. The third kappa shape index (κ3) is 3.52. The average Bonchev–Trinajstić information content (AvgIpc) is 3.10. The molecular weight excluding hydrogens is 302 g/mol. The number of sulfonamides is 1. The van der Waals surface area contributed by atoms with Gasteiger partial charge in [-0.25, -0.2) is 13.4 Å². The van der Waals surface area contributed by atoms with Gasteiger partial charge in [-0.15, -0.1) is 0 Å². The van der Waals surface area contributed by atoms with Gasteiger partial charge in [0.15, 0.2) is 0 Å². The van der Waals surface area contributed by atoms with Crippen LogP contribution in [0.3, 0.4) is 0 Å². The molecule has 2 aliphatic rings. The third-order valence-corrected chi connectivity index (χ3v) is 6.67. The molecule has 0 spiro atoms. The minimum absolute atomic E-state index is 0.0430. The first-order valence-electron chi connectivity index (χ1n) is 8.15. The minimum Gasteiger partial charge on any atom is -0.377 e. The van der Waals surface area contributed by atoms with Crippen molar-refractivity contribution in [2.45, 2.75) is 57.7 Å². The topological polar surface area (TPSA) is 64.4 Å². The predicted octanol–water partition coefficient (Wildman–Crippen LogP) is 1.55. The van der Waals surface area contributed by atoms with Crippen molar-refractivity contribution in [3.63, 3.8) is 0 Å². The lowest BCUT2D eigenvalue weighted by molar-refractivity contribution is 0.0298. The molecular formula is C15H25N3O3S. The van der Waals surface area contributed by atoms with Crippen LogP contribution in [0.25, 0.3) is 0 Å². The van der Waals surface area contributed by atoms with Crippen molar-refractivity contribution < 1.29 is 13.2 Å². The van der Waals surface area contributed by atoms with E-state index >= 15 is 0 Å². The van der Waals surface area contributed by atoms with Gasteiger partial charge in [-0.05, 0) is 39.0 Å². The first-order chi connectivity index (χ1) is 10.6. The standard InChI is InChI=1S/C15H25N3O3S/c1-13-16-7-9-17(13)11-14-5-4-8-18(14)22(19,20)12-15-6-2-3-10-21-15/h7,9,14-15H,2-6,8,10-12H2,1H3/t14-,15-/m1/s1. The lowest BCUT2D eigenvalue weighted by Crippen LogP contribution is -2.42. The number of imidazole rings is 1. The Bertz CT molecular complexity index is 593. The highest BCUT2D eigenvalue weighted by Crippen LogP contribution is 2.25. The number of ether oxygens (including phenoxy) is 1. The lowest BCUT2D eigenvalue weighted by atomic mass is 10.1. The van der Waals surface area contributed by atoms with E-state index in [2.05, 4.69) is 4.98 Å². The molecule has 0 aromatic carbocycles.